The second-order valence-corrected chi connectivity index (χ2v) is 3.53. The highest BCUT2D eigenvalue weighted by molar-refractivity contribution is 5.80. The van der Waals surface area contributed by atoms with E-state index in [1.165, 1.54) is 6.07 Å². The van der Waals surface area contributed by atoms with Gasteiger partial charge >= 0.3 is 6.18 Å². The zero-order chi connectivity index (χ0) is 12.8. The molecule has 0 aliphatic rings. The summed E-state index contributed by atoms with van der Waals surface area (Å²) >= 11 is 0. The molecule has 0 heterocycles. The Hall–Kier alpha value is -2.11. The molecule has 0 saturated carbocycles. The SMILES string of the molecule is Nc1c(-c2cccc(C(F)(F)F)c2)c(=O)c1=O. The van der Waals surface area contributed by atoms with Gasteiger partial charge < -0.3 is 5.73 Å². The van der Waals surface area contributed by atoms with E-state index in [9.17, 15) is 22.8 Å². The molecule has 6 heteroatoms. The Bertz CT molecular complexity index is 651. The Morgan fingerprint density at radius 1 is 1.06 bits per heavy atom. The number of rotatable bonds is 1. The normalized spacial score (nSPS) is 11.9. The first-order chi connectivity index (χ1) is 7.82. The van der Waals surface area contributed by atoms with Gasteiger partial charge in [-0.3, -0.25) is 9.59 Å². The average molecular weight is 241 g/mol. The van der Waals surface area contributed by atoms with E-state index < -0.39 is 22.6 Å². The zero-order valence-electron chi connectivity index (χ0n) is 8.34. The van der Waals surface area contributed by atoms with Crippen molar-refractivity contribution in [3.05, 3.63) is 50.3 Å². The van der Waals surface area contributed by atoms with Crippen LogP contribution in [0.5, 0.6) is 0 Å². The summed E-state index contributed by atoms with van der Waals surface area (Å²) in [5, 5.41) is 0. The number of hydrogen-bond donors (Lipinski definition) is 1. The molecule has 0 aliphatic carbocycles. The minimum Gasteiger partial charge on any atom is -0.395 e. The molecule has 0 atom stereocenters. The Balaban J connectivity index is 2.57. The lowest BCUT2D eigenvalue weighted by molar-refractivity contribution is -0.137. The first kappa shape index (κ1) is 11.4. The van der Waals surface area contributed by atoms with E-state index in [2.05, 4.69) is 0 Å². The Kier molecular flexibility index (Phi) is 2.30. The van der Waals surface area contributed by atoms with Crippen molar-refractivity contribution in [2.45, 2.75) is 6.18 Å². The van der Waals surface area contributed by atoms with Crippen LogP contribution in [0.4, 0.5) is 18.9 Å². The van der Waals surface area contributed by atoms with Crippen LogP contribution in [0.15, 0.2) is 33.9 Å². The molecule has 0 fully saturated rings. The van der Waals surface area contributed by atoms with Crippen LogP contribution in [0.3, 0.4) is 0 Å². The summed E-state index contributed by atoms with van der Waals surface area (Å²) in [5.41, 5.74) is 2.29. The summed E-state index contributed by atoms with van der Waals surface area (Å²) in [6.07, 6.45) is -4.50. The number of nitrogens with two attached hydrogens (primary N) is 1. The summed E-state index contributed by atoms with van der Waals surface area (Å²) in [6, 6.07) is 4.15. The molecule has 0 bridgehead atoms. The van der Waals surface area contributed by atoms with Crippen LogP contribution in [0, 0.1) is 0 Å². The van der Waals surface area contributed by atoms with Crippen molar-refractivity contribution >= 4 is 5.69 Å². The van der Waals surface area contributed by atoms with Gasteiger partial charge in [-0.05, 0) is 17.7 Å². The molecule has 2 N–H and O–H groups in total. The van der Waals surface area contributed by atoms with E-state index in [4.69, 9.17) is 5.73 Å². The summed E-state index contributed by atoms with van der Waals surface area (Å²) < 4.78 is 37.3. The van der Waals surface area contributed by atoms with Crippen molar-refractivity contribution < 1.29 is 13.2 Å². The third kappa shape index (κ3) is 1.71. The van der Waals surface area contributed by atoms with Crippen LogP contribution in [0.2, 0.25) is 0 Å². The molecule has 2 aromatic carbocycles. The van der Waals surface area contributed by atoms with Crippen LogP contribution < -0.4 is 16.6 Å². The molecule has 0 spiro atoms. The zero-order valence-corrected chi connectivity index (χ0v) is 8.34. The lowest BCUT2D eigenvalue weighted by atomic mass is 9.97. The van der Waals surface area contributed by atoms with Crippen molar-refractivity contribution in [1.29, 1.82) is 0 Å². The monoisotopic (exact) mass is 241 g/mol. The lowest BCUT2D eigenvalue weighted by Crippen LogP contribution is -2.35. The van der Waals surface area contributed by atoms with Gasteiger partial charge in [0, 0.05) is 0 Å². The van der Waals surface area contributed by atoms with Crippen LogP contribution in [0.25, 0.3) is 11.1 Å². The van der Waals surface area contributed by atoms with E-state index in [1.807, 2.05) is 0 Å². The second-order valence-electron chi connectivity index (χ2n) is 3.53. The topological polar surface area (TPSA) is 60.2 Å². The van der Waals surface area contributed by atoms with Crippen molar-refractivity contribution in [2.75, 3.05) is 5.73 Å². The summed E-state index contributed by atoms with van der Waals surface area (Å²) in [7, 11) is 0. The molecule has 0 aromatic heterocycles. The molecular formula is C11H6F3NO2. The van der Waals surface area contributed by atoms with Crippen molar-refractivity contribution in [3.8, 4) is 11.1 Å². The van der Waals surface area contributed by atoms with Gasteiger partial charge in [-0.2, -0.15) is 13.2 Å². The Morgan fingerprint density at radius 3 is 2.24 bits per heavy atom. The van der Waals surface area contributed by atoms with Crippen LogP contribution in [-0.2, 0) is 6.18 Å². The van der Waals surface area contributed by atoms with E-state index in [1.54, 1.807) is 0 Å². The van der Waals surface area contributed by atoms with E-state index in [-0.39, 0.29) is 16.8 Å². The molecule has 3 nitrogen and oxygen atoms in total. The number of alkyl halides is 3. The molecule has 2 rings (SSSR count). The van der Waals surface area contributed by atoms with Crippen LogP contribution in [-0.4, -0.2) is 0 Å². The Labute approximate surface area is 93.0 Å². The molecule has 2 aromatic rings. The first-order valence-electron chi connectivity index (χ1n) is 4.59. The third-order valence-corrected chi connectivity index (χ3v) is 2.43. The van der Waals surface area contributed by atoms with Crippen LogP contribution in [0.1, 0.15) is 5.56 Å². The van der Waals surface area contributed by atoms with E-state index in [0.717, 1.165) is 18.2 Å². The fourth-order valence-electron chi connectivity index (χ4n) is 1.55. The minimum atomic E-state index is -4.50. The van der Waals surface area contributed by atoms with Crippen molar-refractivity contribution in [3.63, 3.8) is 0 Å². The summed E-state index contributed by atoms with van der Waals surface area (Å²) in [6.45, 7) is 0. The fourth-order valence-corrected chi connectivity index (χ4v) is 1.55. The second kappa shape index (κ2) is 3.44. The average Bonchev–Trinajstić information content (AvgIpc) is 2.28. The molecule has 0 saturated heterocycles. The van der Waals surface area contributed by atoms with Gasteiger partial charge in [-0.15, -0.1) is 0 Å². The number of nitrogen functional groups attached to an aromatic ring is 1. The molecule has 0 aliphatic heterocycles. The molecular weight excluding hydrogens is 235 g/mol. The molecule has 0 unspecified atom stereocenters. The van der Waals surface area contributed by atoms with E-state index in [0.29, 0.717) is 0 Å². The van der Waals surface area contributed by atoms with Gasteiger partial charge in [0.25, 0.3) is 0 Å². The summed E-state index contributed by atoms with van der Waals surface area (Å²) in [5.74, 6) is 0. The maximum Gasteiger partial charge on any atom is 0.416 e. The van der Waals surface area contributed by atoms with Gasteiger partial charge in [-0.25, -0.2) is 0 Å². The highest BCUT2D eigenvalue weighted by atomic mass is 19.4. The highest BCUT2D eigenvalue weighted by Crippen LogP contribution is 2.32. The fraction of sp³-hybridized carbons (Fsp3) is 0.0909. The largest absolute Gasteiger partial charge is 0.416 e. The van der Waals surface area contributed by atoms with Crippen molar-refractivity contribution in [1.82, 2.24) is 0 Å². The quantitative estimate of drug-likeness (QED) is 0.770. The molecule has 88 valence electrons. The molecule has 0 amide bonds. The predicted octanol–water partition coefficient (Wildman–Crippen LogP) is 1.55. The predicted molar refractivity (Wildman–Crippen MR) is 56.2 cm³/mol. The van der Waals surface area contributed by atoms with Gasteiger partial charge in [0.15, 0.2) is 0 Å². The smallest absolute Gasteiger partial charge is 0.395 e. The van der Waals surface area contributed by atoms with Gasteiger partial charge in [0.1, 0.15) is 0 Å². The number of halogens is 3. The standard InChI is InChI=1S/C11H6F3NO2/c12-11(13,14)6-3-1-2-5(4-6)7-8(15)10(17)9(7)16/h1-4H,15H2. The van der Waals surface area contributed by atoms with Gasteiger partial charge in [0.05, 0.1) is 16.8 Å². The Morgan fingerprint density at radius 2 is 1.71 bits per heavy atom. The number of anilines is 1. The number of hydrogen-bond acceptors (Lipinski definition) is 3. The van der Waals surface area contributed by atoms with Crippen molar-refractivity contribution in [2.24, 2.45) is 0 Å². The third-order valence-electron chi connectivity index (χ3n) is 2.43. The number of benzene rings is 1. The minimum absolute atomic E-state index is 0.0157. The highest BCUT2D eigenvalue weighted by Gasteiger charge is 2.31. The van der Waals surface area contributed by atoms with Crippen LogP contribution >= 0.6 is 0 Å². The van der Waals surface area contributed by atoms with E-state index >= 15 is 0 Å². The lowest BCUT2D eigenvalue weighted by Gasteiger charge is -2.10. The maximum absolute atomic E-state index is 12.4. The maximum atomic E-state index is 12.4. The molecule has 17 heavy (non-hydrogen) atoms. The van der Waals surface area contributed by atoms with Gasteiger partial charge in [0.2, 0.25) is 10.9 Å². The molecule has 0 radical (unpaired) electrons. The first-order valence-corrected chi connectivity index (χ1v) is 4.59. The summed E-state index contributed by atoms with van der Waals surface area (Å²) in [4.78, 5) is 22.0. The van der Waals surface area contributed by atoms with Gasteiger partial charge in [-0.1, -0.05) is 12.1 Å².